The molecule has 0 heterocycles. The molecular weight excluding hydrogens is 333 g/mol. The van der Waals surface area contributed by atoms with Gasteiger partial charge in [-0.1, -0.05) is 18.2 Å². The van der Waals surface area contributed by atoms with Crippen molar-refractivity contribution in [3.05, 3.63) is 58.9 Å². The number of halogens is 1. The number of hydrogen-bond donors (Lipinski definition) is 3. The molecule has 0 fully saturated rings. The highest BCUT2D eigenvalue weighted by Gasteiger charge is 2.15. The van der Waals surface area contributed by atoms with Gasteiger partial charge in [0.25, 0.3) is 11.8 Å². The number of carbonyl (C=O) groups is 2. The molecule has 0 aliphatic rings. The first-order valence-electron chi connectivity index (χ1n) is 8.49. The lowest BCUT2D eigenvalue weighted by atomic mass is 10.1. The molecule has 2 aromatic rings. The third kappa shape index (κ3) is 5.39. The van der Waals surface area contributed by atoms with Crippen molar-refractivity contribution in [2.45, 2.75) is 20.8 Å². The van der Waals surface area contributed by atoms with Crippen molar-refractivity contribution in [3.63, 3.8) is 0 Å². The number of quaternary nitrogens is 1. The standard InChI is InChI=1S/C20H24FN3O2/c1-13-6-5-7-18(15(13)3)23-20(26)12-24(4)11-19(25)22-16-9-8-14(2)17(21)10-16/h5-10H,11-12H2,1-4H3,(H,22,25)(H,23,26)/p+1. The van der Waals surface area contributed by atoms with Gasteiger partial charge in [0.1, 0.15) is 5.82 Å². The number of hydrogen-bond acceptors (Lipinski definition) is 2. The Balaban J connectivity index is 1.86. The zero-order chi connectivity index (χ0) is 19.3. The summed E-state index contributed by atoms with van der Waals surface area (Å²) in [5.74, 6) is -0.799. The minimum Gasteiger partial charge on any atom is -0.322 e. The van der Waals surface area contributed by atoms with Crippen LogP contribution in [0.5, 0.6) is 0 Å². The minimum atomic E-state index is -0.364. The summed E-state index contributed by atoms with van der Waals surface area (Å²) in [6.45, 7) is 5.86. The number of rotatable bonds is 6. The molecule has 2 rings (SSSR count). The molecule has 0 spiro atoms. The van der Waals surface area contributed by atoms with Gasteiger partial charge in [-0.15, -0.1) is 0 Å². The third-order valence-electron chi connectivity index (χ3n) is 4.26. The second-order valence-corrected chi connectivity index (χ2v) is 6.62. The molecule has 1 unspecified atom stereocenters. The smallest absolute Gasteiger partial charge is 0.279 e. The first-order chi connectivity index (χ1) is 12.3. The van der Waals surface area contributed by atoms with Crippen LogP contribution in [0.2, 0.25) is 0 Å². The van der Waals surface area contributed by atoms with Crippen molar-refractivity contribution in [2.75, 3.05) is 30.8 Å². The van der Waals surface area contributed by atoms with Gasteiger partial charge in [0.2, 0.25) is 0 Å². The van der Waals surface area contributed by atoms with E-state index < -0.39 is 0 Å². The van der Waals surface area contributed by atoms with Crippen molar-refractivity contribution in [1.29, 1.82) is 0 Å². The molecule has 138 valence electrons. The first-order valence-corrected chi connectivity index (χ1v) is 8.49. The van der Waals surface area contributed by atoms with Gasteiger partial charge < -0.3 is 15.5 Å². The van der Waals surface area contributed by atoms with Crippen LogP contribution in [0.4, 0.5) is 15.8 Å². The third-order valence-corrected chi connectivity index (χ3v) is 4.26. The van der Waals surface area contributed by atoms with Gasteiger partial charge in [0, 0.05) is 11.4 Å². The molecule has 26 heavy (non-hydrogen) atoms. The summed E-state index contributed by atoms with van der Waals surface area (Å²) < 4.78 is 13.5. The van der Waals surface area contributed by atoms with Crippen LogP contribution < -0.4 is 15.5 Å². The molecule has 2 amide bonds. The Morgan fingerprint density at radius 1 is 0.962 bits per heavy atom. The van der Waals surface area contributed by atoms with Crippen molar-refractivity contribution >= 4 is 23.2 Å². The van der Waals surface area contributed by atoms with Crippen molar-refractivity contribution in [2.24, 2.45) is 0 Å². The lowest BCUT2D eigenvalue weighted by Gasteiger charge is -2.15. The fraction of sp³-hybridized carbons (Fsp3) is 0.300. The molecule has 2 aromatic carbocycles. The first kappa shape index (κ1) is 19.6. The number of benzene rings is 2. The van der Waals surface area contributed by atoms with Crippen LogP contribution in [-0.2, 0) is 9.59 Å². The van der Waals surface area contributed by atoms with Crippen LogP contribution >= 0.6 is 0 Å². The Morgan fingerprint density at radius 2 is 1.62 bits per heavy atom. The molecule has 0 bridgehead atoms. The summed E-state index contributed by atoms with van der Waals surface area (Å²) in [6.07, 6.45) is 0. The lowest BCUT2D eigenvalue weighted by Crippen LogP contribution is -3.11. The predicted octanol–water partition coefficient (Wildman–Crippen LogP) is 1.84. The van der Waals surface area contributed by atoms with Gasteiger partial charge in [-0.2, -0.15) is 0 Å². The van der Waals surface area contributed by atoms with Gasteiger partial charge in [0.05, 0.1) is 7.05 Å². The van der Waals surface area contributed by atoms with E-state index in [0.717, 1.165) is 21.7 Å². The Morgan fingerprint density at radius 3 is 2.27 bits per heavy atom. The van der Waals surface area contributed by atoms with E-state index in [9.17, 15) is 14.0 Å². The van der Waals surface area contributed by atoms with Gasteiger partial charge >= 0.3 is 0 Å². The van der Waals surface area contributed by atoms with Crippen LogP contribution in [0.3, 0.4) is 0 Å². The van der Waals surface area contributed by atoms with Gasteiger partial charge in [-0.3, -0.25) is 9.59 Å². The molecule has 0 radical (unpaired) electrons. The molecule has 0 aliphatic heterocycles. The SMILES string of the molecule is Cc1ccc(NC(=O)C[NH+](C)CC(=O)Nc2cccc(C)c2C)cc1F. The minimum absolute atomic E-state index is 0.107. The highest BCUT2D eigenvalue weighted by atomic mass is 19.1. The molecule has 5 nitrogen and oxygen atoms in total. The molecule has 0 aromatic heterocycles. The molecule has 6 heteroatoms. The van der Waals surface area contributed by atoms with Gasteiger partial charge in [-0.05, 0) is 55.7 Å². The lowest BCUT2D eigenvalue weighted by molar-refractivity contribution is -0.862. The monoisotopic (exact) mass is 358 g/mol. The predicted molar refractivity (Wildman–Crippen MR) is 101 cm³/mol. The fourth-order valence-electron chi connectivity index (χ4n) is 2.57. The summed E-state index contributed by atoms with van der Waals surface area (Å²) in [5.41, 5.74) is 3.84. The summed E-state index contributed by atoms with van der Waals surface area (Å²) >= 11 is 0. The van der Waals surface area contributed by atoms with E-state index in [1.165, 1.54) is 6.07 Å². The average Bonchev–Trinajstić information content (AvgIpc) is 2.55. The Hall–Kier alpha value is -2.73. The zero-order valence-electron chi connectivity index (χ0n) is 15.6. The van der Waals surface area contributed by atoms with E-state index in [0.29, 0.717) is 11.3 Å². The second-order valence-electron chi connectivity index (χ2n) is 6.62. The maximum absolute atomic E-state index is 13.5. The van der Waals surface area contributed by atoms with Gasteiger partial charge in [-0.25, -0.2) is 4.39 Å². The Kier molecular flexibility index (Phi) is 6.46. The van der Waals surface area contributed by atoms with Crippen molar-refractivity contribution < 1.29 is 18.9 Å². The molecule has 1 atom stereocenters. The molecule has 0 saturated carbocycles. The molecule has 3 N–H and O–H groups in total. The normalized spacial score (nSPS) is 11.7. The van der Waals surface area contributed by atoms with E-state index in [1.54, 1.807) is 26.1 Å². The van der Waals surface area contributed by atoms with E-state index in [-0.39, 0.29) is 30.7 Å². The van der Waals surface area contributed by atoms with E-state index in [1.807, 2.05) is 32.0 Å². The van der Waals surface area contributed by atoms with Crippen LogP contribution in [0, 0.1) is 26.6 Å². The quantitative estimate of drug-likeness (QED) is 0.738. The largest absolute Gasteiger partial charge is 0.322 e. The fourth-order valence-corrected chi connectivity index (χ4v) is 2.57. The van der Waals surface area contributed by atoms with E-state index in [2.05, 4.69) is 10.6 Å². The molecule has 0 aliphatic carbocycles. The van der Waals surface area contributed by atoms with E-state index in [4.69, 9.17) is 0 Å². The zero-order valence-corrected chi connectivity index (χ0v) is 15.6. The topological polar surface area (TPSA) is 62.6 Å². The average molecular weight is 358 g/mol. The summed E-state index contributed by atoms with van der Waals surface area (Å²) in [6, 6.07) is 10.3. The summed E-state index contributed by atoms with van der Waals surface area (Å²) in [4.78, 5) is 25.0. The van der Waals surface area contributed by atoms with Crippen LogP contribution in [0.1, 0.15) is 16.7 Å². The number of likely N-dealkylation sites (N-methyl/N-ethyl adjacent to an activating group) is 1. The number of nitrogens with one attached hydrogen (secondary N) is 3. The second kappa shape index (κ2) is 8.58. The number of aryl methyl sites for hydroxylation is 2. The summed E-state index contributed by atoms with van der Waals surface area (Å²) in [5, 5.41) is 5.53. The number of anilines is 2. The maximum Gasteiger partial charge on any atom is 0.279 e. The van der Waals surface area contributed by atoms with Crippen molar-refractivity contribution in [3.8, 4) is 0 Å². The van der Waals surface area contributed by atoms with Crippen LogP contribution in [0.15, 0.2) is 36.4 Å². The highest BCUT2D eigenvalue weighted by Crippen LogP contribution is 2.17. The number of amides is 2. The number of carbonyl (C=O) groups excluding carboxylic acids is 2. The highest BCUT2D eigenvalue weighted by molar-refractivity contribution is 5.93. The molecule has 0 saturated heterocycles. The summed E-state index contributed by atoms with van der Waals surface area (Å²) in [7, 11) is 1.76. The Bertz CT molecular complexity index is 821. The van der Waals surface area contributed by atoms with Crippen molar-refractivity contribution in [1.82, 2.24) is 0 Å². The van der Waals surface area contributed by atoms with E-state index >= 15 is 0 Å². The Labute approximate surface area is 153 Å². The van der Waals surface area contributed by atoms with Crippen LogP contribution in [-0.4, -0.2) is 32.0 Å². The van der Waals surface area contributed by atoms with Crippen LogP contribution in [0.25, 0.3) is 0 Å². The van der Waals surface area contributed by atoms with Gasteiger partial charge in [0.15, 0.2) is 13.1 Å². The maximum atomic E-state index is 13.5. The molecular formula is C20H25FN3O2+.